The molecule has 21 heavy (non-hydrogen) atoms. The van der Waals surface area contributed by atoms with Gasteiger partial charge in [-0.3, -0.25) is 9.59 Å². The maximum atomic E-state index is 12.0. The van der Waals surface area contributed by atoms with Crippen molar-refractivity contribution < 1.29 is 14.7 Å². The summed E-state index contributed by atoms with van der Waals surface area (Å²) in [6, 6.07) is 9.77. The summed E-state index contributed by atoms with van der Waals surface area (Å²) in [5.41, 5.74) is 1.07. The minimum atomic E-state index is -0.426. The number of hydrogen-bond donors (Lipinski definition) is 2. The van der Waals surface area contributed by atoms with Crippen LogP contribution in [0.15, 0.2) is 30.3 Å². The molecular weight excluding hydrogens is 268 g/mol. The van der Waals surface area contributed by atoms with E-state index in [0.717, 1.165) is 5.56 Å². The lowest BCUT2D eigenvalue weighted by Crippen LogP contribution is -2.34. The topological polar surface area (TPSA) is 69.6 Å². The van der Waals surface area contributed by atoms with E-state index in [0.29, 0.717) is 26.1 Å². The highest BCUT2D eigenvalue weighted by Crippen LogP contribution is 2.20. The van der Waals surface area contributed by atoms with Crippen LogP contribution in [0.4, 0.5) is 0 Å². The van der Waals surface area contributed by atoms with Crippen molar-refractivity contribution in [2.75, 3.05) is 13.1 Å². The van der Waals surface area contributed by atoms with Gasteiger partial charge in [-0.05, 0) is 18.9 Å². The van der Waals surface area contributed by atoms with Crippen molar-refractivity contribution in [3.05, 3.63) is 35.9 Å². The van der Waals surface area contributed by atoms with Crippen LogP contribution in [0, 0.1) is 5.92 Å². The standard InChI is InChI=1S/C16H22N2O3/c1-12(19)7-8-17-16(21)14-9-15(20)18(11-14)10-13-5-3-2-4-6-13/h2-6,12,14,19H,7-11H2,1H3,(H,17,21). The number of carbonyl (C=O) groups is 2. The average Bonchev–Trinajstić information content (AvgIpc) is 2.81. The van der Waals surface area contributed by atoms with Crippen molar-refractivity contribution in [2.24, 2.45) is 5.92 Å². The van der Waals surface area contributed by atoms with Crippen molar-refractivity contribution in [3.8, 4) is 0 Å². The number of nitrogens with one attached hydrogen (secondary N) is 1. The third kappa shape index (κ3) is 4.56. The summed E-state index contributed by atoms with van der Waals surface area (Å²) in [6.45, 7) is 3.15. The lowest BCUT2D eigenvalue weighted by Gasteiger charge is -2.16. The molecule has 2 N–H and O–H groups in total. The Kier molecular flexibility index (Phi) is 5.33. The molecule has 0 saturated carbocycles. The van der Waals surface area contributed by atoms with E-state index in [-0.39, 0.29) is 24.2 Å². The zero-order valence-corrected chi connectivity index (χ0v) is 12.3. The summed E-state index contributed by atoms with van der Waals surface area (Å²) in [7, 11) is 0. The molecule has 1 aromatic rings. The predicted octanol–water partition coefficient (Wildman–Crippen LogP) is 0.922. The first kappa shape index (κ1) is 15.5. The highest BCUT2D eigenvalue weighted by Gasteiger charge is 2.33. The minimum Gasteiger partial charge on any atom is -0.393 e. The Hall–Kier alpha value is -1.88. The molecule has 1 saturated heterocycles. The van der Waals surface area contributed by atoms with Crippen LogP contribution in [-0.4, -0.2) is 41.0 Å². The molecule has 1 fully saturated rings. The molecule has 0 spiro atoms. The van der Waals surface area contributed by atoms with Crippen LogP contribution in [0.1, 0.15) is 25.3 Å². The van der Waals surface area contributed by atoms with E-state index in [1.54, 1.807) is 11.8 Å². The monoisotopic (exact) mass is 290 g/mol. The number of rotatable bonds is 6. The lowest BCUT2D eigenvalue weighted by atomic mass is 10.1. The minimum absolute atomic E-state index is 0.0227. The van der Waals surface area contributed by atoms with Crippen LogP contribution >= 0.6 is 0 Å². The van der Waals surface area contributed by atoms with Crippen molar-refractivity contribution in [3.63, 3.8) is 0 Å². The van der Waals surface area contributed by atoms with E-state index in [2.05, 4.69) is 5.32 Å². The summed E-state index contributed by atoms with van der Waals surface area (Å²) < 4.78 is 0. The number of benzene rings is 1. The van der Waals surface area contributed by atoms with E-state index in [1.165, 1.54) is 0 Å². The molecule has 114 valence electrons. The van der Waals surface area contributed by atoms with Crippen molar-refractivity contribution in [1.82, 2.24) is 10.2 Å². The molecule has 2 atom stereocenters. The average molecular weight is 290 g/mol. The van der Waals surface area contributed by atoms with Gasteiger partial charge in [0, 0.05) is 26.1 Å². The van der Waals surface area contributed by atoms with Gasteiger partial charge < -0.3 is 15.3 Å². The Morgan fingerprint density at radius 3 is 2.81 bits per heavy atom. The predicted molar refractivity (Wildman–Crippen MR) is 79.3 cm³/mol. The number of carbonyl (C=O) groups excluding carboxylic acids is 2. The van der Waals surface area contributed by atoms with Gasteiger partial charge in [-0.25, -0.2) is 0 Å². The van der Waals surface area contributed by atoms with E-state index >= 15 is 0 Å². The molecule has 0 radical (unpaired) electrons. The van der Waals surface area contributed by atoms with Crippen LogP contribution in [0.2, 0.25) is 0 Å². The van der Waals surface area contributed by atoms with Gasteiger partial charge in [-0.15, -0.1) is 0 Å². The fourth-order valence-corrected chi connectivity index (χ4v) is 2.45. The first-order valence-electron chi connectivity index (χ1n) is 7.33. The Balaban J connectivity index is 1.83. The fourth-order valence-electron chi connectivity index (χ4n) is 2.45. The number of aliphatic hydroxyl groups is 1. The van der Waals surface area contributed by atoms with Gasteiger partial charge in [0.2, 0.25) is 11.8 Å². The molecule has 1 aliphatic heterocycles. The molecule has 5 heteroatoms. The number of amides is 2. The van der Waals surface area contributed by atoms with Crippen LogP contribution in [0.3, 0.4) is 0 Å². The second-order valence-corrected chi connectivity index (χ2v) is 5.59. The molecular formula is C16H22N2O3. The van der Waals surface area contributed by atoms with Crippen LogP contribution < -0.4 is 5.32 Å². The van der Waals surface area contributed by atoms with E-state index < -0.39 is 6.10 Å². The van der Waals surface area contributed by atoms with Gasteiger partial charge >= 0.3 is 0 Å². The lowest BCUT2D eigenvalue weighted by molar-refractivity contribution is -0.129. The van der Waals surface area contributed by atoms with Gasteiger partial charge in [0.05, 0.1) is 12.0 Å². The largest absolute Gasteiger partial charge is 0.393 e. The van der Waals surface area contributed by atoms with Crippen molar-refractivity contribution in [1.29, 1.82) is 0 Å². The maximum absolute atomic E-state index is 12.0. The maximum Gasteiger partial charge on any atom is 0.225 e. The highest BCUT2D eigenvalue weighted by molar-refractivity contribution is 5.89. The number of nitrogens with zero attached hydrogens (tertiary/aromatic N) is 1. The van der Waals surface area contributed by atoms with Gasteiger partial charge in [0.25, 0.3) is 0 Å². The Morgan fingerprint density at radius 1 is 1.43 bits per heavy atom. The molecule has 0 bridgehead atoms. The molecule has 2 unspecified atom stereocenters. The number of aliphatic hydroxyl groups excluding tert-OH is 1. The first-order chi connectivity index (χ1) is 10.1. The summed E-state index contributed by atoms with van der Waals surface area (Å²) in [5.74, 6) is -0.357. The quantitative estimate of drug-likeness (QED) is 0.818. The second-order valence-electron chi connectivity index (χ2n) is 5.59. The second kappa shape index (κ2) is 7.22. The zero-order chi connectivity index (χ0) is 15.2. The number of likely N-dealkylation sites (tertiary alicyclic amines) is 1. The third-order valence-corrected chi connectivity index (χ3v) is 3.66. The third-order valence-electron chi connectivity index (χ3n) is 3.66. The normalized spacial score (nSPS) is 19.6. The molecule has 0 aliphatic carbocycles. The number of hydrogen-bond acceptors (Lipinski definition) is 3. The molecule has 1 aliphatic rings. The molecule has 0 aromatic heterocycles. The SMILES string of the molecule is CC(O)CCNC(=O)C1CC(=O)N(Cc2ccccc2)C1. The molecule has 5 nitrogen and oxygen atoms in total. The summed E-state index contributed by atoms with van der Waals surface area (Å²) in [6.07, 6.45) is 0.373. The van der Waals surface area contributed by atoms with E-state index in [9.17, 15) is 9.59 Å². The molecule has 1 aromatic carbocycles. The first-order valence-corrected chi connectivity index (χ1v) is 7.33. The summed E-state index contributed by atoms with van der Waals surface area (Å²) in [4.78, 5) is 25.7. The summed E-state index contributed by atoms with van der Waals surface area (Å²) in [5, 5.41) is 11.9. The molecule has 2 amide bonds. The summed E-state index contributed by atoms with van der Waals surface area (Å²) >= 11 is 0. The Labute approximate surface area is 125 Å². The Bertz CT molecular complexity index is 488. The Morgan fingerprint density at radius 2 is 2.14 bits per heavy atom. The van der Waals surface area contributed by atoms with Crippen LogP contribution in [0.5, 0.6) is 0 Å². The van der Waals surface area contributed by atoms with Crippen molar-refractivity contribution in [2.45, 2.75) is 32.4 Å². The van der Waals surface area contributed by atoms with Gasteiger partial charge in [0.1, 0.15) is 0 Å². The molecule has 2 rings (SSSR count). The zero-order valence-electron chi connectivity index (χ0n) is 12.3. The van der Waals surface area contributed by atoms with Crippen molar-refractivity contribution >= 4 is 11.8 Å². The van der Waals surface area contributed by atoms with Gasteiger partial charge in [0.15, 0.2) is 0 Å². The highest BCUT2D eigenvalue weighted by atomic mass is 16.3. The fraction of sp³-hybridized carbons (Fsp3) is 0.500. The van der Waals surface area contributed by atoms with Gasteiger partial charge in [-0.1, -0.05) is 30.3 Å². The smallest absolute Gasteiger partial charge is 0.225 e. The van der Waals surface area contributed by atoms with E-state index in [1.807, 2.05) is 30.3 Å². The van der Waals surface area contributed by atoms with E-state index in [4.69, 9.17) is 5.11 Å². The molecule has 1 heterocycles. The van der Waals surface area contributed by atoms with Crippen LogP contribution in [-0.2, 0) is 16.1 Å². The van der Waals surface area contributed by atoms with Crippen LogP contribution in [0.25, 0.3) is 0 Å². The van der Waals surface area contributed by atoms with Gasteiger partial charge in [-0.2, -0.15) is 0 Å².